The first-order valence-electron chi connectivity index (χ1n) is 5.91. The number of aliphatic hydroxyl groups is 1. The fraction of sp³-hybridized carbons (Fsp3) is 0.231. The van der Waals surface area contributed by atoms with Crippen molar-refractivity contribution in [1.82, 2.24) is 9.97 Å². The highest BCUT2D eigenvalue weighted by atomic mass is 79.9. The lowest BCUT2D eigenvalue weighted by atomic mass is 10.3. The van der Waals surface area contributed by atoms with Crippen LogP contribution in [0, 0.1) is 5.82 Å². The van der Waals surface area contributed by atoms with Gasteiger partial charge in [-0.3, -0.25) is 0 Å². The van der Waals surface area contributed by atoms with Gasteiger partial charge in [0, 0.05) is 25.0 Å². The van der Waals surface area contributed by atoms with Crippen molar-refractivity contribution in [3.8, 4) is 5.75 Å². The number of ether oxygens (including phenoxy) is 1. The van der Waals surface area contributed by atoms with Gasteiger partial charge in [0.05, 0.1) is 4.47 Å². The van der Waals surface area contributed by atoms with Gasteiger partial charge in [-0.05, 0) is 28.1 Å². The van der Waals surface area contributed by atoms with Crippen LogP contribution in [0.1, 0.15) is 0 Å². The van der Waals surface area contributed by atoms with E-state index in [0.29, 0.717) is 11.7 Å². The molecule has 0 unspecified atom stereocenters. The molecule has 20 heavy (non-hydrogen) atoms. The molecule has 2 aromatic rings. The minimum atomic E-state index is -0.759. The summed E-state index contributed by atoms with van der Waals surface area (Å²) in [4.78, 5) is 8.02. The maximum atomic E-state index is 12.9. The first-order valence-corrected chi connectivity index (χ1v) is 6.70. The molecule has 5 nitrogen and oxygen atoms in total. The largest absolute Gasteiger partial charge is 0.491 e. The molecule has 2 N–H and O–H groups in total. The number of nitrogens with one attached hydrogen (secondary N) is 1. The summed E-state index contributed by atoms with van der Waals surface area (Å²) in [7, 11) is 0. The zero-order valence-electron chi connectivity index (χ0n) is 10.5. The lowest BCUT2D eigenvalue weighted by Gasteiger charge is -2.13. The lowest BCUT2D eigenvalue weighted by molar-refractivity contribution is 0.117. The van der Waals surface area contributed by atoms with Gasteiger partial charge < -0.3 is 15.2 Å². The smallest absolute Gasteiger partial charge is 0.222 e. The topological polar surface area (TPSA) is 67.3 Å². The Bertz CT molecular complexity index is 554. The zero-order chi connectivity index (χ0) is 14.4. The summed E-state index contributed by atoms with van der Waals surface area (Å²) in [6, 6.07) is 5.76. The summed E-state index contributed by atoms with van der Waals surface area (Å²) >= 11 is 3.23. The number of hydrogen-bond acceptors (Lipinski definition) is 5. The van der Waals surface area contributed by atoms with Gasteiger partial charge in [0.2, 0.25) is 5.95 Å². The number of nitrogens with zero attached hydrogens (tertiary/aromatic N) is 2. The van der Waals surface area contributed by atoms with Crippen LogP contribution in [0.15, 0.2) is 41.1 Å². The molecule has 0 aliphatic carbocycles. The van der Waals surface area contributed by atoms with Crippen LogP contribution in [0.4, 0.5) is 10.3 Å². The predicted molar refractivity (Wildman–Crippen MR) is 76.1 cm³/mol. The van der Waals surface area contributed by atoms with E-state index in [1.54, 1.807) is 24.5 Å². The summed E-state index contributed by atoms with van der Waals surface area (Å²) in [5.74, 6) is 0.417. The molecule has 0 aliphatic rings. The molecule has 1 heterocycles. The Morgan fingerprint density at radius 3 is 2.80 bits per heavy atom. The molecule has 1 atom stereocenters. The van der Waals surface area contributed by atoms with Crippen molar-refractivity contribution in [3.63, 3.8) is 0 Å². The van der Waals surface area contributed by atoms with Gasteiger partial charge in [0.25, 0.3) is 0 Å². The van der Waals surface area contributed by atoms with E-state index < -0.39 is 6.10 Å². The van der Waals surface area contributed by atoms with Gasteiger partial charge in [-0.15, -0.1) is 0 Å². The van der Waals surface area contributed by atoms with Crippen molar-refractivity contribution < 1.29 is 14.2 Å². The van der Waals surface area contributed by atoms with Gasteiger partial charge in [-0.2, -0.15) is 0 Å². The Kier molecular flexibility index (Phi) is 5.25. The van der Waals surface area contributed by atoms with Crippen LogP contribution in [-0.2, 0) is 0 Å². The molecule has 0 saturated heterocycles. The molecule has 0 radical (unpaired) electrons. The third kappa shape index (κ3) is 4.75. The van der Waals surface area contributed by atoms with Gasteiger partial charge in [-0.1, -0.05) is 6.07 Å². The van der Waals surface area contributed by atoms with Crippen molar-refractivity contribution in [2.24, 2.45) is 0 Å². The summed E-state index contributed by atoms with van der Waals surface area (Å²) in [5, 5.41) is 12.6. The molecule has 0 spiro atoms. The average molecular weight is 342 g/mol. The normalized spacial score (nSPS) is 11.9. The number of hydrogen-bond donors (Lipinski definition) is 2. The third-order valence-electron chi connectivity index (χ3n) is 2.35. The molecule has 2 rings (SSSR count). The van der Waals surface area contributed by atoms with E-state index in [9.17, 15) is 9.50 Å². The Morgan fingerprint density at radius 2 is 2.10 bits per heavy atom. The van der Waals surface area contributed by atoms with E-state index in [0.717, 1.165) is 4.47 Å². The molecule has 1 aromatic carbocycles. The van der Waals surface area contributed by atoms with E-state index in [-0.39, 0.29) is 19.0 Å². The van der Waals surface area contributed by atoms with Crippen molar-refractivity contribution in [2.45, 2.75) is 6.10 Å². The number of rotatable bonds is 6. The molecular weight excluding hydrogens is 329 g/mol. The van der Waals surface area contributed by atoms with Crippen LogP contribution >= 0.6 is 15.9 Å². The maximum absolute atomic E-state index is 12.9. The molecular formula is C13H13BrFN3O2. The van der Waals surface area contributed by atoms with Gasteiger partial charge >= 0.3 is 0 Å². The SMILES string of the molecule is O[C@H](CNc1ncc(Br)cn1)COc1cccc(F)c1. The fourth-order valence-corrected chi connectivity index (χ4v) is 1.63. The second kappa shape index (κ2) is 7.16. The van der Waals surface area contributed by atoms with Gasteiger partial charge in [0.1, 0.15) is 24.3 Å². The van der Waals surface area contributed by atoms with Crippen molar-refractivity contribution >= 4 is 21.9 Å². The van der Waals surface area contributed by atoms with Crippen LogP contribution in [0.5, 0.6) is 5.75 Å². The van der Waals surface area contributed by atoms with E-state index in [1.165, 1.54) is 12.1 Å². The second-order valence-electron chi connectivity index (χ2n) is 4.03. The first-order chi connectivity index (χ1) is 9.63. The molecule has 0 fully saturated rings. The number of aromatic nitrogens is 2. The molecule has 0 bridgehead atoms. The Labute approximate surface area is 124 Å². The standard InChI is InChI=1S/C13H13BrFN3O2/c14-9-5-16-13(17-6-9)18-7-11(19)8-20-12-3-1-2-10(15)4-12/h1-6,11,19H,7-8H2,(H,16,17,18)/t11-/m1/s1. The van der Waals surface area contributed by atoms with Gasteiger partial charge in [-0.25, -0.2) is 14.4 Å². The summed E-state index contributed by atoms with van der Waals surface area (Å²) in [6.07, 6.45) is 2.45. The van der Waals surface area contributed by atoms with Crippen LogP contribution in [-0.4, -0.2) is 34.3 Å². The highest BCUT2D eigenvalue weighted by molar-refractivity contribution is 9.10. The van der Waals surface area contributed by atoms with Crippen molar-refractivity contribution in [1.29, 1.82) is 0 Å². The Hall–Kier alpha value is -1.73. The van der Waals surface area contributed by atoms with Crippen molar-refractivity contribution in [3.05, 3.63) is 46.9 Å². The Morgan fingerprint density at radius 1 is 1.35 bits per heavy atom. The molecule has 1 aromatic heterocycles. The van der Waals surface area contributed by atoms with Crippen LogP contribution in [0.2, 0.25) is 0 Å². The fourth-order valence-electron chi connectivity index (χ4n) is 1.42. The number of anilines is 1. The second-order valence-corrected chi connectivity index (χ2v) is 4.94. The number of halogens is 2. The van der Waals surface area contributed by atoms with Crippen LogP contribution < -0.4 is 10.1 Å². The van der Waals surface area contributed by atoms with Gasteiger partial charge in [0.15, 0.2) is 0 Å². The Balaban J connectivity index is 1.75. The summed E-state index contributed by atoms with van der Waals surface area (Å²) in [5.41, 5.74) is 0. The van der Waals surface area contributed by atoms with E-state index in [1.807, 2.05) is 0 Å². The summed E-state index contributed by atoms with van der Waals surface area (Å²) < 4.78 is 19.0. The third-order valence-corrected chi connectivity index (χ3v) is 2.76. The van der Waals surface area contributed by atoms with E-state index in [2.05, 4.69) is 31.2 Å². The zero-order valence-corrected chi connectivity index (χ0v) is 12.0. The highest BCUT2D eigenvalue weighted by Crippen LogP contribution is 2.12. The molecule has 7 heteroatoms. The number of aliphatic hydroxyl groups excluding tert-OH is 1. The predicted octanol–water partition coefficient (Wildman–Crippen LogP) is 2.23. The summed E-state index contributed by atoms with van der Waals surface area (Å²) in [6.45, 7) is 0.282. The van der Waals surface area contributed by atoms with Crippen LogP contribution in [0.3, 0.4) is 0 Å². The minimum Gasteiger partial charge on any atom is -0.491 e. The highest BCUT2D eigenvalue weighted by Gasteiger charge is 2.06. The maximum Gasteiger partial charge on any atom is 0.222 e. The lowest BCUT2D eigenvalue weighted by Crippen LogP contribution is -2.26. The average Bonchev–Trinajstić information content (AvgIpc) is 2.45. The van der Waals surface area contributed by atoms with Crippen molar-refractivity contribution in [2.75, 3.05) is 18.5 Å². The first kappa shape index (κ1) is 14.7. The minimum absolute atomic E-state index is 0.0486. The van der Waals surface area contributed by atoms with E-state index >= 15 is 0 Å². The molecule has 106 valence electrons. The monoisotopic (exact) mass is 341 g/mol. The number of benzene rings is 1. The quantitative estimate of drug-likeness (QED) is 0.843. The molecule has 0 saturated carbocycles. The molecule has 0 aliphatic heterocycles. The van der Waals surface area contributed by atoms with E-state index in [4.69, 9.17) is 4.74 Å². The van der Waals surface area contributed by atoms with Crippen LogP contribution in [0.25, 0.3) is 0 Å². The molecule has 0 amide bonds.